The van der Waals surface area contributed by atoms with Crippen LogP contribution in [0.5, 0.6) is 11.5 Å². The molecule has 1 aromatic heterocycles. The van der Waals surface area contributed by atoms with Gasteiger partial charge in [0.25, 0.3) is 5.91 Å². The highest BCUT2D eigenvalue weighted by atomic mass is 16.5. The molecule has 2 aliphatic heterocycles. The highest BCUT2D eigenvalue weighted by molar-refractivity contribution is 5.94. The van der Waals surface area contributed by atoms with Gasteiger partial charge in [-0.25, -0.2) is 4.79 Å². The number of likely N-dealkylation sites (tertiary alicyclic amines) is 1. The number of carbonyl (C=O) groups excluding carboxylic acids is 1. The summed E-state index contributed by atoms with van der Waals surface area (Å²) < 4.78 is 14.2. The molecule has 0 atom stereocenters. The van der Waals surface area contributed by atoms with Gasteiger partial charge >= 0.3 is 5.97 Å². The van der Waals surface area contributed by atoms with Crippen LogP contribution < -0.4 is 9.47 Å². The third kappa shape index (κ3) is 3.77. The lowest BCUT2D eigenvalue weighted by Gasteiger charge is -2.45. The van der Waals surface area contributed by atoms with Crippen LogP contribution in [0.3, 0.4) is 0 Å². The first-order chi connectivity index (χ1) is 17.1. The van der Waals surface area contributed by atoms with E-state index < -0.39 is 17.2 Å². The first-order valence-corrected chi connectivity index (χ1v) is 11.9. The Bertz CT molecular complexity index is 1410. The Hall–Kier alpha value is -4.25. The molecule has 5 rings (SSSR count). The van der Waals surface area contributed by atoms with Crippen molar-refractivity contribution in [2.45, 2.75) is 44.8 Å². The summed E-state index contributed by atoms with van der Waals surface area (Å²) in [4.78, 5) is 26.5. The summed E-state index contributed by atoms with van der Waals surface area (Å²) in [5.41, 5.74) is 1.56. The van der Waals surface area contributed by atoms with Crippen LogP contribution in [0.15, 0.2) is 54.6 Å². The summed E-state index contributed by atoms with van der Waals surface area (Å²) in [6.07, 6.45) is 1.18. The van der Waals surface area contributed by atoms with Crippen molar-refractivity contribution >= 4 is 11.9 Å². The molecule has 1 N–H and O–H groups in total. The van der Waals surface area contributed by atoms with Crippen molar-refractivity contribution < 1.29 is 24.2 Å². The molecule has 1 amide bonds. The molecule has 1 saturated heterocycles. The van der Waals surface area contributed by atoms with Gasteiger partial charge in [-0.1, -0.05) is 12.1 Å². The molecular weight excluding hydrogens is 458 g/mol. The standard InChI is InChI=1S/C28H27N3O5/c1-18-16-19(8-10-22(18)35-27(2,3)26(33)34)25(32)30-14-12-28(13-15-30)24-11-9-20(17-29)31(24)21-6-4-5-7-23(21)36-28/h4-11,16H,12-15H2,1-3H3,(H,33,34). The SMILES string of the molecule is Cc1cc(C(=O)N2CCC3(CC2)Oc2ccccc2-n2c(C#N)ccc23)ccc1OC(C)(C)C(=O)O. The lowest BCUT2D eigenvalue weighted by Crippen LogP contribution is -2.50. The Morgan fingerprint density at radius 2 is 1.83 bits per heavy atom. The van der Waals surface area contributed by atoms with Gasteiger partial charge in [0.05, 0.1) is 11.4 Å². The zero-order chi connectivity index (χ0) is 25.7. The van der Waals surface area contributed by atoms with Crippen LogP contribution in [0, 0.1) is 18.3 Å². The van der Waals surface area contributed by atoms with Crippen LogP contribution in [0.25, 0.3) is 5.69 Å². The second kappa shape index (κ2) is 8.45. The first-order valence-electron chi connectivity index (χ1n) is 11.9. The van der Waals surface area contributed by atoms with Crippen LogP contribution in [0.4, 0.5) is 0 Å². The molecule has 0 radical (unpaired) electrons. The zero-order valence-corrected chi connectivity index (χ0v) is 20.4. The summed E-state index contributed by atoms with van der Waals surface area (Å²) in [5, 5.41) is 19.0. The summed E-state index contributed by atoms with van der Waals surface area (Å²) in [5.74, 6) is -0.000888. The molecule has 1 fully saturated rings. The number of aromatic nitrogens is 1. The summed E-state index contributed by atoms with van der Waals surface area (Å²) >= 11 is 0. The summed E-state index contributed by atoms with van der Waals surface area (Å²) in [6, 6.07) is 18.8. The smallest absolute Gasteiger partial charge is 0.347 e. The average Bonchev–Trinajstić information content (AvgIpc) is 3.31. The van der Waals surface area contributed by atoms with E-state index >= 15 is 0 Å². The van der Waals surface area contributed by atoms with Gasteiger partial charge in [-0.2, -0.15) is 5.26 Å². The maximum atomic E-state index is 13.3. The van der Waals surface area contributed by atoms with Gasteiger partial charge in [-0.3, -0.25) is 9.36 Å². The molecule has 8 nitrogen and oxygen atoms in total. The number of nitriles is 1. The highest BCUT2D eigenvalue weighted by Gasteiger charge is 2.45. The lowest BCUT2D eigenvalue weighted by molar-refractivity contribution is -0.152. The number of carboxylic acid groups (broad SMARTS) is 1. The molecular formula is C28H27N3O5. The summed E-state index contributed by atoms with van der Waals surface area (Å²) in [7, 11) is 0. The van der Waals surface area contributed by atoms with Crippen molar-refractivity contribution in [1.29, 1.82) is 5.26 Å². The van der Waals surface area contributed by atoms with Gasteiger partial charge in [0.1, 0.15) is 23.3 Å². The average molecular weight is 486 g/mol. The van der Waals surface area contributed by atoms with Gasteiger partial charge < -0.3 is 19.5 Å². The van der Waals surface area contributed by atoms with Crippen molar-refractivity contribution in [1.82, 2.24) is 9.47 Å². The van der Waals surface area contributed by atoms with Crippen molar-refractivity contribution in [3.8, 4) is 23.3 Å². The predicted octanol–water partition coefficient (Wildman–Crippen LogP) is 4.42. The fourth-order valence-corrected chi connectivity index (χ4v) is 4.96. The normalized spacial score (nSPS) is 15.9. The second-order valence-electron chi connectivity index (χ2n) is 9.81. The summed E-state index contributed by atoms with van der Waals surface area (Å²) in [6.45, 7) is 5.76. The molecule has 2 aromatic carbocycles. The number of rotatable bonds is 4. The third-order valence-electron chi connectivity index (χ3n) is 7.03. The number of nitrogens with zero attached hydrogens (tertiary/aromatic N) is 3. The molecule has 36 heavy (non-hydrogen) atoms. The Labute approximate surface area is 209 Å². The Morgan fingerprint density at radius 3 is 2.50 bits per heavy atom. The van der Waals surface area contributed by atoms with E-state index in [1.807, 2.05) is 45.9 Å². The van der Waals surface area contributed by atoms with Crippen LogP contribution in [0.1, 0.15) is 54.0 Å². The number of hydrogen-bond donors (Lipinski definition) is 1. The van der Waals surface area contributed by atoms with Crippen molar-refractivity contribution in [2.75, 3.05) is 13.1 Å². The van der Waals surface area contributed by atoms with E-state index in [-0.39, 0.29) is 5.91 Å². The molecule has 0 saturated carbocycles. The van der Waals surface area contributed by atoms with Crippen LogP contribution in [0.2, 0.25) is 0 Å². The third-order valence-corrected chi connectivity index (χ3v) is 7.03. The number of amides is 1. The molecule has 2 aliphatic rings. The molecule has 184 valence electrons. The van der Waals surface area contributed by atoms with E-state index in [0.29, 0.717) is 48.5 Å². The highest BCUT2D eigenvalue weighted by Crippen LogP contribution is 2.46. The minimum absolute atomic E-state index is 0.0960. The number of aryl methyl sites for hydroxylation is 1. The van der Waals surface area contributed by atoms with Gasteiger partial charge in [-0.05, 0) is 68.8 Å². The second-order valence-corrected chi connectivity index (χ2v) is 9.81. The number of carbonyl (C=O) groups is 2. The minimum Gasteiger partial charge on any atom is -0.479 e. The molecule has 3 heterocycles. The van der Waals surface area contributed by atoms with Crippen molar-refractivity contribution in [2.24, 2.45) is 0 Å². The van der Waals surface area contributed by atoms with E-state index in [4.69, 9.17) is 9.47 Å². The number of para-hydroxylation sites is 2. The lowest BCUT2D eigenvalue weighted by atomic mass is 9.86. The number of piperidine rings is 1. The van der Waals surface area contributed by atoms with Crippen molar-refractivity contribution in [3.63, 3.8) is 0 Å². The van der Waals surface area contributed by atoms with Crippen LogP contribution >= 0.6 is 0 Å². The molecule has 3 aromatic rings. The van der Waals surface area contributed by atoms with Gasteiger partial charge in [-0.15, -0.1) is 0 Å². The Balaban J connectivity index is 1.35. The number of ether oxygens (including phenoxy) is 2. The predicted molar refractivity (Wildman–Crippen MR) is 131 cm³/mol. The largest absolute Gasteiger partial charge is 0.479 e. The van der Waals surface area contributed by atoms with E-state index in [9.17, 15) is 20.0 Å². The molecule has 0 bridgehead atoms. The fourth-order valence-electron chi connectivity index (χ4n) is 4.96. The van der Waals surface area contributed by atoms with Gasteiger partial charge in [0.2, 0.25) is 0 Å². The van der Waals surface area contributed by atoms with Gasteiger partial charge in [0.15, 0.2) is 11.2 Å². The zero-order valence-electron chi connectivity index (χ0n) is 20.4. The van der Waals surface area contributed by atoms with E-state index in [0.717, 1.165) is 17.1 Å². The van der Waals surface area contributed by atoms with Crippen LogP contribution in [-0.2, 0) is 10.4 Å². The monoisotopic (exact) mass is 485 g/mol. The number of aliphatic carboxylic acids is 1. The number of fused-ring (bicyclic) bond motifs is 4. The first kappa shape index (κ1) is 23.5. The van der Waals surface area contributed by atoms with E-state index in [2.05, 4.69) is 6.07 Å². The Kier molecular flexibility index (Phi) is 5.51. The Morgan fingerprint density at radius 1 is 1.11 bits per heavy atom. The molecule has 0 unspecified atom stereocenters. The van der Waals surface area contributed by atoms with E-state index in [1.165, 1.54) is 13.8 Å². The van der Waals surface area contributed by atoms with Crippen LogP contribution in [-0.4, -0.2) is 45.1 Å². The quantitative estimate of drug-likeness (QED) is 0.587. The molecule has 1 spiro atoms. The fraction of sp³-hybridized carbons (Fsp3) is 0.321. The maximum Gasteiger partial charge on any atom is 0.347 e. The molecule has 8 heteroatoms. The number of carboxylic acids is 1. The van der Waals surface area contributed by atoms with E-state index in [1.54, 1.807) is 25.1 Å². The van der Waals surface area contributed by atoms with Crippen molar-refractivity contribution in [3.05, 3.63) is 77.1 Å². The topological polar surface area (TPSA) is 105 Å². The maximum absolute atomic E-state index is 13.3. The number of hydrogen-bond acceptors (Lipinski definition) is 5. The minimum atomic E-state index is -1.38. The number of benzene rings is 2. The van der Waals surface area contributed by atoms with Gasteiger partial charge in [0, 0.05) is 31.5 Å². The molecule has 0 aliphatic carbocycles.